The van der Waals surface area contributed by atoms with Crippen LogP contribution in [0.4, 0.5) is 0 Å². The zero-order chi connectivity index (χ0) is 26.8. The molecule has 214 valence electrons. The monoisotopic (exact) mass is 538 g/mol. The van der Waals surface area contributed by atoms with Crippen LogP contribution < -0.4 is 0 Å². The second-order valence-corrected chi connectivity index (χ2v) is 15.0. The number of rotatable bonds is 14. The first kappa shape index (κ1) is 30.3. The van der Waals surface area contributed by atoms with Gasteiger partial charge in [-0.3, -0.25) is 4.79 Å². The molecule has 0 aromatic carbocycles. The van der Waals surface area contributed by atoms with Crippen molar-refractivity contribution in [2.45, 2.75) is 149 Å². The number of ketones is 1. The highest BCUT2D eigenvalue weighted by Gasteiger charge is 2.58. The Labute approximate surface area is 240 Å². The Morgan fingerprint density at radius 2 is 1.50 bits per heavy atom. The summed E-state index contributed by atoms with van der Waals surface area (Å²) in [5.41, 5.74) is 2.20. The van der Waals surface area contributed by atoms with Crippen molar-refractivity contribution >= 4 is 17.5 Å². The van der Waals surface area contributed by atoms with Crippen LogP contribution in [0.3, 0.4) is 0 Å². The van der Waals surface area contributed by atoms with Crippen LogP contribution in [-0.2, 0) is 4.79 Å². The van der Waals surface area contributed by atoms with Crippen molar-refractivity contribution in [3.8, 4) is 11.8 Å². The predicted octanol–water partition coefficient (Wildman–Crippen LogP) is 10.6. The molecule has 0 spiro atoms. The lowest BCUT2D eigenvalue weighted by molar-refractivity contribution is -0.131. The highest BCUT2D eigenvalue weighted by Crippen LogP contribution is 2.64. The van der Waals surface area contributed by atoms with E-state index < -0.39 is 0 Å². The van der Waals surface area contributed by atoms with Crippen molar-refractivity contribution in [1.82, 2.24) is 0 Å². The molecule has 0 aliphatic heterocycles. The molecule has 6 atom stereocenters. The lowest BCUT2D eigenvalue weighted by Gasteiger charge is -2.57. The molecular formula is C36H58OS. The largest absolute Gasteiger partial charge is 0.299 e. The number of unbranched alkanes of at least 4 members (excludes halogenated alkanes) is 11. The van der Waals surface area contributed by atoms with E-state index in [9.17, 15) is 4.79 Å². The van der Waals surface area contributed by atoms with E-state index >= 15 is 0 Å². The van der Waals surface area contributed by atoms with E-state index in [4.69, 9.17) is 0 Å². The van der Waals surface area contributed by atoms with Gasteiger partial charge in [0.1, 0.15) is 5.78 Å². The Hall–Kier alpha value is -0.680. The van der Waals surface area contributed by atoms with Crippen LogP contribution in [0.1, 0.15) is 149 Å². The number of hydrogen-bond donors (Lipinski definition) is 0. The van der Waals surface area contributed by atoms with Crippen LogP contribution in [0.15, 0.2) is 11.6 Å². The fourth-order valence-electron chi connectivity index (χ4n) is 8.94. The Bertz CT molecular complexity index is 847. The first-order chi connectivity index (χ1) is 18.5. The van der Waals surface area contributed by atoms with Crippen LogP contribution in [0.25, 0.3) is 0 Å². The summed E-state index contributed by atoms with van der Waals surface area (Å²) in [7, 11) is 0. The molecule has 0 unspecified atom stereocenters. The smallest absolute Gasteiger partial charge is 0.139 e. The number of carbonyl (C=O) groups excluding carboxylic acids is 1. The van der Waals surface area contributed by atoms with E-state index in [1.165, 1.54) is 108 Å². The topological polar surface area (TPSA) is 17.1 Å². The van der Waals surface area contributed by atoms with Crippen molar-refractivity contribution in [3.05, 3.63) is 11.6 Å². The molecule has 4 aliphatic rings. The summed E-state index contributed by atoms with van der Waals surface area (Å²) < 4.78 is 0. The second kappa shape index (κ2) is 14.8. The van der Waals surface area contributed by atoms with Gasteiger partial charge in [0.15, 0.2) is 0 Å². The molecule has 1 nitrogen and oxygen atoms in total. The molecule has 4 aliphatic carbocycles. The van der Waals surface area contributed by atoms with Gasteiger partial charge >= 0.3 is 0 Å². The maximum absolute atomic E-state index is 12.7. The third kappa shape index (κ3) is 7.33. The number of carbonyl (C=O) groups is 1. The van der Waals surface area contributed by atoms with Crippen molar-refractivity contribution < 1.29 is 4.79 Å². The molecule has 0 bridgehead atoms. The Morgan fingerprint density at radius 1 is 0.842 bits per heavy atom. The summed E-state index contributed by atoms with van der Waals surface area (Å²) in [6.45, 7) is 7.20. The van der Waals surface area contributed by atoms with Gasteiger partial charge in [-0.2, -0.15) is 0 Å². The third-order valence-corrected chi connectivity index (χ3v) is 12.5. The summed E-state index contributed by atoms with van der Waals surface area (Å²) in [6.07, 6.45) is 29.0. The minimum absolute atomic E-state index is 0.00495. The first-order valence-corrected chi connectivity index (χ1v) is 17.9. The molecule has 0 amide bonds. The molecule has 3 fully saturated rings. The van der Waals surface area contributed by atoms with Crippen molar-refractivity contribution in [2.24, 2.45) is 34.5 Å². The van der Waals surface area contributed by atoms with Gasteiger partial charge in [0.25, 0.3) is 0 Å². The highest BCUT2D eigenvalue weighted by molar-refractivity contribution is 7.99. The molecule has 4 rings (SSSR count). The number of allylic oxidation sites excluding steroid dienone is 2. The molecule has 0 aromatic rings. The highest BCUT2D eigenvalue weighted by atomic mass is 32.2. The number of hydrogen-bond acceptors (Lipinski definition) is 2. The average molecular weight is 539 g/mol. The fourth-order valence-corrected chi connectivity index (χ4v) is 9.88. The van der Waals surface area contributed by atoms with Gasteiger partial charge in [0, 0.05) is 18.3 Å². The average Bonchev–Trinajstić information content (AvgIpc) is 3.22. The molecule has 0 radical (unpaired) electrons. The van der Waals surface area contributed by atoms with Crippen molar-refractivity contribution in [1.29, 1.82) is 0 Å². The summed E-state index contributed by atoms with van der Waals surface area (Å²) in [6, 6.07) is 0. The summed E-state index contributed by atoms with van der Waals surface area (Å²) in [4.78, 5) is 12.7. The standard InChI is InChI=1S/C36H58OS/c1-4-5-6-7-8-9-10-11-12-13-14-15-16-17-26-38-28-29-22-24-35(2)30(27-29)18-19-31-32-20-21-34(37)36(32,3)25-23-33(31)35/h18,29,31-33H,4-15,19-28H2,1-3H3/t29-,31-,32-,33-,35-,36-/m0/s1. The van der Waals surface area contributed by atoms with E-state index in [-0.39, 0.29) is 5.41 Å². The van der Waals surface area contributed by atoms with E-state index in [0.717, 1.165) is 49.2 Å². The van der Waals surface area contributed by atoms with E-state index in [2.05, 4.69) is 50.4 Å². The van der Waals surface area contributed by atoms with Gasteiger partial charge in [0.2, 0.25) is 0 Å². The molecule has 2 heteroatoms. The minimum atomic E-state index is 0.00495. The summed E-state index contributed by atoms with van der Waals surface area (Å²) in [5, 5.41) is 0. The van der Waals surface area contributed by atoms with Gasteiger partial charge in [-0.05, 0) is 86.2 Å². The second-order valence-electron chi connectivity index (χ2n) is 13.9. The van der Waals surface area contributed by atoms with E-state index in [1.54, 1.807) is 5.57 Å². The van der Waals surface area contributed by atoms with Gasteiger partial charge in [-0.25, -0.2) is 0 Å². The number of thioether (sulfide) groups is 1. The number of Topliss-reactive ketones (excluding diaryl/α,β-unsaturated/α-hetero) is 1. The first-order valence-electron chi connectivity index (χ1n) is 16.8. The Balaban J connectivity index is 1.07. The van der Waals surface area contributed by atoms with Gasteiger partial charge in [0.05, 0.1) is 5.75 Å². The summed E-state index contributed by atoms with van der Waals surface area (Å²) in [5.74, 6) is 12.9. The van der Waals surface area contributed by atoms with Gasteiger partial charge in [-0.15, -0.1) is 17.7 Å². The maximum atomic E-state index is 12.7. The van der Waals surface area contributed by atoms with Gasteiger partial charge in [-0.1, -0.05) is 103 Å². The maximum Gasteiger partial charge on any atom is 0.139 e. The van der Waals surface area contributed by atoms with E-state index in [0.29, 0.717) is 17.1 Å². The molecule has 0 aromatic heterocycles. The predicted molar refractivity (Wildman–Crippen MR) is 166 cm³/mol. The van der Waals surface area contributed by atoms with Crippen molar-refractivity contribution in [3.63, 3.8) is 0 Å². The minimum Gasteiger partial charge on any atom is -0.299 e. The zero-order valence-corrected chi connectivity index (χ0v) is 26.1. The zero-order valence-electron chi connectivity index (χ0n) is 25.3. The van der Waals surface area contributed by atoms with Crippen molar-refractivity contribution in [2.75, 3.05) is 11.5 Å². The summed E-state index contributed by atoms with van der Waals surface area (Å²) >= 11 is 2.08. The van der Waals surface area contributed by atoms with Crippen LogP contribution in [0.2, 0.25) is 0 Å². The molecule has 3 saturated carbocycles. The lowest BCUT2D eigenvalue weighted by atomic mass is 9.47. The molecule has 38 heavy (non-hydrogen) atoms. The molecular weight excluding hydrogens is 480 g/mol. The fraction of sp³-hybridized carbons (Fsp3) is 0.861. The quantitative estimate of drug-likeness (QED) is 0.124. The van der Waals surface area contributed by atoms with Gasteiger partial charge < -0.3 is 0 Å². The normalized spacial score (nSPS) is 34.1. The van der Waals surface area contributed by atoms with E-state index in [1.807, 2.05) is 0 Å². The molecule has 0 saturated heterocycles. The van der Waals surface area contributed by atoms with Crippen LogP contribution in [0, 0.1) is 46.3 Å². The molecule has 0 N–H and O–H groups in total. The Morgan fingerprint density at radius 3 is 2.24 bits per heavy atom. The molecule has 0 heterocycles. The lowest BCUT2D eigenvalue weighted by Crippen LogP contribution is -2.50. The van der Waals surface area contributed by atoms with Crippen LogP contribution in [-0.4, -0.2) is 17.3 Å². The van der Waals surface area contributed by atoms with Crippen LogP contribution >= 0.6 is 11.8 Å². The third-order valence-electron chi connectivity index (χ3n) is 11.5. The SMILES string of the molecule is CCCCCCCCCCCCCC#CCSC[C@H]1CC[C@@]2(C)C(=CC[C@@H]3[C@@H]2CC[C@]2(C)C(=O)CC[C@@H]32)C1. The Kier molecular flexibility index (Phi) is 11.8. The number of fused-ring (bicyclic) bond motifs is 5. The van der Waals surface area contributed by atoms with Crippen LogP contribution in [0.5, 0.6) is 0 Å².